The molecule has 2 aromatic rings. The van der Waals surface area contributed by atoms with Crippen molar-refractivity contribution in [2.24, 2.45) is 0 Å². The summed E-state index contributed by atoms with van der Waals surface area (Å²) < 4.78 is 0. The lowest BCUT2D eigenvalue weighted by Gasteiger charge is -2.08. The molecule has 2 N–H and O–H groups in total. The number of hydrogen-bond donors (Lipinski definition) is 2. The Morgan fingerprint density at radius 2 is 2.04 bits per heavy atom. The summed E-state index contributed by atoms with van der Waals surface area (Å²) >= 11 is 1.34. The molecule has 120 valence electrons. The second-order valence-electron chi connectivity index (χ2n) is 5.83. The Bertz CT molecular complexity index is 772. The van der Waals surface area contributed by atoms with E-state index in [-0.39, 0.29) is 17.7 Å². The normalized spacial score (nSPS) is 13.8. The maximum Gasteiger partial charge on any atom is 0.321 e. The van der Waals surface area contributed by atoms with E-state index in [1.54, 1.807) is 0 Å². The lowest BCUT2D eigenvalue weighted by molar-refractivity contribution is -0.117. The number of benzene rings is 1. The van der Waals surface area contributed by atoms with Crippen LogP contribution in [-0.2, 0) is 4.79 Å². The van der Waals surface area contributed by atoms with E-state index in [1.807, 2.05) is 38.1 Å². The zero-order chi connectivity index (χ0) is 16.4. The van der Waals surface area contributed by atoms with Gasteiger partial charge in [0, 0.05) is 11.4 Å². The Morgan fingerprint density at radius 3 is 2.78 bits per heavy atom. The van der Waals surface area contributed by atoms with Crippen molar-refractivity contribution in [2.75, 3.05) is 5.75 Å². The number of carbonyl (C=O) groups is 2. The highest BCUT2D eigenvalue weighted by atomic mass is 32.2. The van der Waals surface area contributed by atoms with Crippen molar-refractivity contribution < 1.29 is 9.59 Å². The Hall–Kier alpha value is -2.08. The molecular weight excluding hydrogens is 310 g/mol. The first kappa shape index (κ1) is 15.8. The van der Waals surface area contributed by atoms with Gasteiger partial charge in [-0.05, 0) is 43.9 Å². The van der Waals surface area contributed by atoms with Crippen molar-refractivity contribution in [2.45, 2.75) is 37.8 Å². The van der Waals surface area contributed by atoms with Crippen LogP contribution < -0.4 is 10.6 Å². The summed E-state index contributed by atoms with van der Waals surface area (Å²) in [6.07, 6.45) is 1.99. The van der Waals surface area contributed by atoms with Gasteiger partial charge in [-0.25, -0.2) is 9.78 Å². The van der Waals surface area contributed by atoms with Crippen LogP contribution in [0.5, 0.6) is 0 Å². The summed E-state index contributed by atoms with van der Waals surface area (Å²) in [5.74, 6) is -0.139. The molecule has 3 amide bonds. The van der Waals surface area contributed by atoms with Crippen LogP contribution >= 0.6 is 11.8 Å². The highest BCUT2D eigenvalue weighted by molar-refractivity contribution is 7.99. The van der Waals surface area contributed by atoms with Gasteiger partial charge in [0.1, 0.15) is 0 Å². The summed E-state index contributed by atoms with van der Waals surface area (Å²) in [6, 6.07) is 7.90. The van der Waals surface area contributed by atoms with Crippen LogP contribution in [-0.4, -0.2) is 28.7 Å². The molecule has 0 spiro atoms. The second-order valence-corrected chi connectivity index (χ2v) is 6.83. The third kappa shape index (κ3) is 4.01. The fraction of sp³-hybridized carbons (Fsp3) is 0.353. The fourth-order valence-electron chi connectivity index (χ4n) is 2.36. The van der Waals surface area contributed by atoms with Gasteiger partial charge < -0.3 is 5.32 Å². The second kappa shape index (κ2) is 6.58. The minimum absolute atomic E-state index is 0.169. The number of nitrogens with zero attached hydrogens (tertiary/aromatic N) is 1. The summed E-state index contributed by atoms with van der Waals surface area (Å²) in [6.45, 7) is 4.06. The van der Waals surface area contributed by atoms with Crippen LogP contribution in [0, 0.1) is 13.8 Å². The molecule has 23 heavy (non-hydrogen) atoms. The Morgan fingerprint density at radius 1 is 1.26 bits per heavy atom. The molecule has 1 heterocycles. The number of para-hydroxylation sites is 1. The highest BCUT2D eigenvalue weighted by Crippen LogP contribution is 2.25. The smallest absolute Gasteiger partial charge is 0.321 e. The van der Waals surface area contributed by atoms with Crippen LogP contribution in [0.1, 0.15) is 24.0 Å². The monoisotopic (exact) mass is 329 g/mol. The largest absolute Gasteiger partial charge is 0.335 e. The average Bonchev–Trinajstić information content (AvgIpc) is 3.30. The summed E-state index contributed by atoms with van der Waals surface area (Å²) in [5, 5.41) is 7.00. The van der Waals surface area contributed by atoms with Crippen molar-refractivity contribution in [1.29, 1.82) is 0 Å². The first-order valence-electron chi connectivity index (χ1n) is 7.63. The molecule has 1 aromatic heterocycles. The quantitative estimate of drug-likeness (QED) is 0.846. The van der Waals surface area contributed by atoms with Gasteiger partial charge in [0.15, 0.2) is 0 Å². The molecule has 1 saturated carbocycles. The van der Waals surface area contributed by atoms with Crippen molar-refractivity contribution >= 4 is 34.6 Å². The predicted molar refractivity (Wildman–Crippen MR) is 91.6 cm³/mol. The zero-order valence-electron chi connectivity index (χ0n) is 13.2. The van der Waals surface area contributed by atoms with E-state index < -0.39 is 6.03 Å². The number of nitrogens with one attached hydrogen (secondary N) is 2. The zero-order valence-corrected chi connectivity index (χ0v) is 14.0. The number of imide groups is 1. The van der Waals surface area contributed by atoms with Crippen LogP contribution in [0.25, 0.3) is 10.9 Å². The van der Waals surface area contributed by atoms with Crippen molar-refractivity contribution in [3.63, 3.8) is 0 Å². The maximum atomic E-state index is 11.8. The van der Waals surface area contributed by atoms with Gasteiger partial charge in [-0.3, -0.25) is 10.1 Å². The summed E-state index contributed by atoms with van der Waals surface area (Å²) in [5.41, 5.74) is 3.20. The van der Waals surface area contributed by atoms with E-state index in [1.165, 1.54) is 11.8 Å². The molecule has 0 aliphatic heterocycles. The Labute approximate surface area is 139 Å². The Balaban J connectivity index is 1.63. The third-order valence-corrected chi connectivity index (χ3v) is 4.65. The highest BCUT2D eigenvalue weighted by Gasteiger charge is 2.23. The summed E-state index contributed by atoms with van der Waals surface area (Å²) in [7, 11) is 0. The third-order valence-electron chi connectivity index (χ3n) is 3.74. The molecule has 1 aliphatic rings. The van der Waals surface area contributed by atoms with E-state index in [0.717, 1.165) is 39.9 Å². The number of rotatable bonds is 4. The van der Waals surface area contributed by atoms with E-state index in [4.69, 9.17) is 0 Å². The van der Waals surface area contributed by atoms with Crippen molar-refractivity contribution in [3.8, 4) is 0 Å². The Kier molecular flexibility index (Phi) is 4.52. The molecule has 0 saturated heterocycles. The van der Waals surface area contributed by atoms with Crippen LogP contribution in [0.3, 0.4) is 0 Å². The molecule has 5 nitrogen and oxygen atoms in total. The lowest BCUT2D eigenvalue weighted by atomic mass is 10.1. The number of pyridine rings is 1. The molecular formula is C17H19N3O2S. The number of amides is 3. The predicted octanol–water partition coefficient (Wildman–Crippen LogP) is 2.93. The first-order valence-corrected chi connectivity index (χ1v) is 8.61. The molecule has 1 aromatic carbocycles. The minimum atomic E-state index is -0.406. The first-order chi connectivity index (χ1) is 11.0. The number of thioether (sulfide) groups is 1. The van der Waals surface area contributed by atoms with Gasteiger partial charge in [-0.1, -0.05) is 30.0 Å². The minimum Gasteiger partial charge on any atom is -0.335 e. The van der Waals surface area contributed by atoms with Gasteiger partial charge in [-0.15, -0.1) is 0 Å². The average molecular weight is 329 g/mol. The molecule has 1 fully saturated rings. The van der Waals surface area contributed by atoms with Crippen LogP contribution in [0.4, 0.5) is 4.79 Å². The standard InChI is InChI=1S/C17H19N3O2S/c1-10-4-3-5-13-11(2)8-15(20-16(10)13)23-9-14(21)19-17(22)18-12-6-7-12/h3-5,8,12H,6-7,9H2,1-2H3,(H2,18,19,21,22). The number of urea groups is 1. The topological polar surface area (TPSA) is 71.1 Å². The molecule has 0 radical (unpaired) electrons. The molecule has 0 atom stereocenters. The maximum absolute atomic E-state index is 11.8. The number of aryl methyl sites for hydroxylation is 2. The number of carbonyl (C=O) groups excluding carboxylic acids is 2. The molecule has 3 rings (SSSR count). The lowest BCUT2D eigenvalue weighted by Crippen LogP contribution is -2.41. The SMILES string of the molecule is Cc1cc(SCC(=O)NC(=O)NC2CC2)nc2c(C)cccc12. The fourth-order valence-corrected chi connectivity index (χ4v) is 3.12. The van der Waals surface area contributed by atoms with Gasteiger partial charge >= 0.3 is 6.03 Å². The molecule has 1 aliphatic carbocycles. The van der Waals surface area contributed by atoms with Crippen molar-refractivity contribution in [1.82, 2.24) is 15.6 Å². The number of hydrogen-bond acceptors (Lipinski definition) is 4. The van der Waals surface area contributed by atoms with Crippen LogP contribution in [0.2, 0.25) is 0 Å². The van der Waals surface area contributed by atoms with Gasteiger partial charge in [-0.2, -0.15) is 0 Å². The van der Waals surface area contributed by atoms with Crippen LogP contribution in [0.15, 0.2) is 29.3 Å². The molecule has 0 unspecified atom stereocenters. The van der Waals surface area contributed by atoms with Gasteiger partial charge in [0.25, 0.3) is 0 Å². The molecule has 0 bridgehead atoms. The summed E-state index contributed by atoms with van der Waals surface area (Å²) in [4.78, 5) is 28.0. The van der Waals surface area contributed by atoms with Crippen molar-refractivity contribution in [3.05, 3.63) is 35.4 Å². The van der Waals surface area contributed by atoms with Gasteiger partial charge in [0.05, 0.1) is 16.3 Å². The van der Waals surface area contributed by atoms with E-state index in [0.29, 0.717) is 0 Å². The van der Waals surface area contributed by atoms with E-state index in [9.17, 15) is 9.59 Å². The van der Waals surface area contributed by atoms with E-state index >= 15 is 0 Å². The number of fused-ring (bicyclic) bond motifs is 1. The van der Waals surface area contributed by atoms with E-state index in [2.05, 4.69) is 15.6 Å². The van der Waals surface area contributed by atoms with Gasteiger partial charge in [0.2, 0.25) is 5.91 Å². The molecule has 6 heteroatoms. The number of aromatic nitrogens is 1.